The highest BCUT2D eigenvalue weighted by Crippen LogP contribution is 2.30. The molecule has 2 aliphatic rings. The number of nitrogens with zero attached hydrogens (tertiary/aromatic N) is 3. The highest BCUT2D eigenvalue weighted by Gasteiger charge is 2.31. The minimum Gasteiger partial charge on any atom is -0.382 e. The monoisotopic (exact) mass is 414 g/mol. The summed E-state index contributed by atoms with van der Waals surface area (Å²) < 4.78 is 28.1. The van der Waals surface area contributed by atoms with Gasteiger partial charge in [0.05, 0.1) is 0 Å². The van der Waals surface area contributed by atoms with Gasteiger partial charge in [-0.3, -0.25) is 0 Å². The number of rotatable bonds is 5. The van der Waals surface area contributed by atoms with Crippen molar-refractivity contribution >= 4 is 21.5 Å². The van der Waals surface area contributed by atoms with Gasteiger partial charge in [0.25, 0.3) is 0 Å². The van der Waals surface area contributed by atoms with E-state index in [1.54, 1.807) is 22.6 Å². The summed E-state index contributed by atoms with van der Waals surface area (Å²) in [5, 5.41) is 3.62. The smallest absolute Gasteiger partial charge is 0.246 e. The molecule has 1 aromatic heterocycles. The molecular formula is C22H30N4O2S. The molecule has 4 rings (SSSR count). The number of hydrogen-bond acceptors (Lipinski definition) is 5. The second-order valence-electron chi connectivity index (χ2n) is 8.07. The van der Waals surface area contributed by atoms with Crippen molar-refractivity contribution in [2.24, 2.45) is 0 Å². The molecule has 3 heterocycles. The average molecular weight is 415 g/mol. The van der Waals surface area contributed by atoms with Crippen LogP contribution >= 0.6 is 0 Å². The van der Waals surface area contributed by atoms with E-state index in [0.29, 0.717) is 29.8 Å². The first-order chi connectivity index (χ1) is 14.0. The highest BCUT2D eigenvalue weighted by atomic mass is 32.2. The molecule has 1 N–H and O–H groups in total. The Balaban J connectivity index is 1.46. The molecule has 29 heavy (non-hydrogen) atoms. The van der Waals surface area contributed by atoms with Crippen LogP contribution in [-0.4, -0.2) is 49.9 Å². The van der Waals surface area contributed by atoms with Crippen LogP contribution in [0.2, 0.25) is 0 Å². The maximum absolute atomic E-state index is 13.2. The van der Waals surface area contributed by atoms with Crippen LogP contribution in [0.3, 0.4) is 0 Å². The van der Waals surface area contributed by atoms with Crippen molar-refractivity contribution in [3.05, 3.63) is 48.2 Å². The third-order valence-electron chi connectivity index (χ3n) is 5.87. The summed E-state index contributed by atoms with van der Waals surface area (Å²) in [4.78, 5) is 6.97. The third kappa shape index (κ3) is 4.56. The molecule has 156 valence electrons. The number of aromatic nitrogens is 1. The van der Waals surface area contributed by atoms with Crippen LogP contribution in [0.1, 0.15) is 37.7 Å². The van der Waals surface area contributed by atoms with Crippen molar-refractivity contribution in [3.8, 4) is 0 Å². The molecule has 0 aliphatic carbocycles. The van der Waals surface area contributed by atoms with E-state index in [1.807, 2.05) is 0 Å². The molecule has 2 aromatic rings. The fourth-order valence-corrected chi connectivity index (χ4v) is 5.95. The summed E-state index contributed by atoms with van der Waals surface area (Å²) in [5.74, 6) is 0.604. The van der Waals surface area contributed by atoms with Crippen LogP contribution in [0.25, 0.3) is 0 Å². The van der Waals surface area contributed by atoms with Crippen molar-refractivity contribution < 1.29 is 8.42 Å². The summed E-state index contributed by atoms with van der Waals surface area (Å²) in [7, 11) is -3.50. The summed E-state index contributed by atoms with van der Waals surface area (Å²) >= 11 is 0. The van der Waals surface area contributed by atoms with Gasteiger partial charge in [-0.2, -0.15) is 4.31 Å². The largest absolute Gasteiger partial charge is 0.382 e. The van der Waals surface area contributed by atoms with Gasteiger partial charge in [-0.1, -0.05) is 18.6 Å². The number of hydrogen-bond donors (Lipinski definition) is 1. The average Bonchev–Trinajstić information content (AvgIpc) is 2.75. The number of pyridine rings is 1. The Kier molecular flexibility index (Phi) is 6.06. The van der Waals surface area contributed by atoms with Crippen molar-refractivity contribution in [1.29, 1.82) is 0 Å². The van der Waals surface area contributed by atoms with Crippen LogP contribution in [0.4, 0.5) is 11.5 Å². The van der Waals surface area contributed by atoms with Gasteiger partial charge in [0.2, 0.25) is 10.0 Å². The Morgan fingerprint density at radius 1 is 1.00 bits per heavy atom. The number of sulfonamides is 1. The van der Waals surface area contributed by atoms with Gasteiger partial charge >= 0.3 is 0 Å². The van der Waals surface area contributed by atoms with E-state index in [1.165, 1.54) is 5.56 Å². The molecule has 0 amide bonds. The minimum absolute atomic E-state index is 0.354. The van der Waals surface area contributed by atoms with Gasteiger partial charge in [-0.15, -0.1) is 0 Å². The first-order valence-electron chi connectivity index (χ1n) is 10.6. The third-order valence-corrected chi connectivity index (χ3v) is 7.79. The first-order valence-corrected chi connectivity index (χ1v) is 12.0. The Bertz CT molecular complexity index is 933. The van der Waals surface area contributed by atoms with Crippen molar-refractivity contribution in [2.45, 2.75) is 50.0 Å². The molecule has 0 unspecified atom stereocenters. The molecule has 1 aromatic carbocycles. The van der Waals surface area contributed by atoms with E-state index in [0.717, 1.165) is 50.9 Å². The van der Waals surface area contributed by atoms with Crippen LogP contribution in [0, 0.1) is 6.92 Å². The molecule has 6 nitrogen and oxygen atoms in total. The predicted octanol–water partition coefficient (Wildman–Crippen LogP) is 3.65. The fourth-order valence-electron chi connectivity index (χ4n) is 4.27. The summed E-state index contributed by atoms with van der Waals surface area (Å²) in [6, 6.07) is 12.3. The molecule has 2 aliphatic heterocycles. The second-order valence-corrected chi connectivity index (χ2v) is 9.97. The summed E-state index contributed by atoms with van der Waals surface area (Å²) in [6.07, 6.45) is 6.58. The van der Waals surface area contributed by atoms with E-state index in [2.05, 4.69) is 46.4 Å². The quantitative estimate of drug-likeness (QED) is 0.809. The number of anilines is 2. The maximum atomic E-state index is 13.2. The standard InChI is InChI=1S/C22H30N4O2S/c1-18-7-5-8-20(17-18)24-19-10-15-25(16-11-19)22-21(9-6-12-23-22)29(27,28)26-13-3-2-4-14-26/h5-9,12,17,19,24H,2-4,10-11,13-16H2,1H3. The number of piperidine rings is 2. The van der Waals surface area contributed by atoms with Gasteiger partial charge in [0.15, 0.2) is 0 Å². The van der Waals surface area contributed by atoms with Gasteiger partial charge in [-0.05, 0) is 62.4 Å². The fraction of sp³-hybridized carbons (Fsp3) is 0.500. The SMILES string of the molecule is Cc1cccc(NC2CCN(c3ncccc3S(=O)(=O)N3CCCCC3)CC2)c1. The van der Waals surface area contributed by atoms with Crippen LogP contribution in [0.5, 0.6) is 0 Å². The topological polar surface area (TPSA) is 65.5 Å². The van der Waals surface area contributed by atoms with Crippen LogP contribution < -0.4 is 10.2 Å². The van der Waals surface area contributed by atoms with E-state index in [9.17, 15) is 8.42 Å². The summed E-state index contributed by atoms with van der Waals surface area (Å²) in [5.41, 5.74) is 2.39. The number of benzene rings is 1. The first kappa shape index (κ1) is 20.2. The van der Waals surface area contributed by atoms with Gasteiger partial charge in [0.1, 0.15) is 10.7 Å². The lowest BCUT2D eigenvalue weighted by Crippen LogP contribution is -2.41. The van der Waals surface area contributed by atoms with E-state index in [-0.39, 0.29) is 0 Å². The molecule has 2 fully saturated rings. The molecule has 0 radical (unpaired) electrons. The molecule has 7 heteroatoms. The highest BCUT2D eigenvalue weighted by molar-refractivity contribution is 7.89. The Hall–Kier alpha value is -2.12. The molecular weight excluding hydrogens is 384 g/mol. The zero-order chi connectivity index (χ0) is 20.3. The Morgan fingerprint density at radius 3 is 2.48 bits per heavy atom. The van der Waals surface area contributed by atoms with Crippen molar-refractivity contribution in [3.63, 3.8) is 0 Å². The van der Waals surface area contributed by atoms with E-state index >= 15 is 0 Å². The lowest BCUT2D eigenvalue weighted by atomic mass is 10.0. The van der Waals surface area contributed by atoms with Crippen LogP contribution in [-0.2, 0) is 10.0 Å². The van der Waals surface area contributed by atoms with Gasteiger partial charge in [0, 0.05) is 44.1 Å². The van der Waals surface area contributed by atoms with E-state index in [4.69, 9.17) is 0 Å². The predicted molar refractivity (Wildman–Crippen MR) is 117 cm³/mol. The number of nitrogens with one attached hydrogen (secondary N) is 1. The number of aryl methyl sites for hydroxylation is 1. The van der Waals surface area contributed by atoms with Crippen molar-refractivity contribution in [1.82, 2.24) is 9.29 Å². The molecule has 0 saturated carbocycles. The zero-order valence-corrected chi connectivity index (χ0v) is 17.9. The minimum atomic E-state index is -3.50. The van der Waals surface area contributed by atoms with Gasteiger partial charge < -0.3 is 10.2 Å². The normalized spacial score (nSPS) is 19.3. The van der Waals surface area contributed by atoms with Gasteiger partial charge in [-0.25, -0.2) is 13.4 Å². The van der Waals surface area contributed by atoms with Crippen LogP contribution in [0.15, 0.2) is 47.5 Å². The molecule has 0 bridgehead atoms. The molecule has 0 atom stereocenters. The molecule has 2 saturated heterocycles. The lowest BCUT2D eigenvalue weighted by Gasteiger charge is -2.35. The zero-order valence-electron chi connectivity index (χ0n) is 17.0. The lowest BCUT2D eigenvalue weighted by molar-refractivity contribution is 0.346. The van der Waals surface area contributed by atoms with Crippen molar-refractivity contribution in [2.75, 3.05) is 36.4 Å². The second kappa shape index (κ2) is 8.71. The molecule has 0 spiro atoms. The maximum Gasteiger partial charge on any atom is 0.246 e. The Morgan fingerprint density at radius 2 is 1.76 bits per heavy atom. The Labute approximate surface area is 174 Å². The summed E-state index contributed by atoms with van der Waals surface area (Å²) in [6.45, 7) is 4.91. The van der Waals surface area contributed by atoms with E-state index < -0.39 is 10.0 Å².